The van der Waals surface area contributed by atoms with Crippen LogP contribution in [0.5, 0.6) is 0 Å². The molecule has 0 aromatic carbocycles. The van der Waals surface area contributed by atoms with Gasteiger partial charge in [-0.25, -0.2) is 9.78 Å². The number of esters is 1. The van der Waals surface area contributed by atoms with Gasteiger partial charge >= 0.3 is 5.97 Å². The molecular weight excluding hydrogens is 348 g/mol. The summed E-state index contributed by atoms with van der Waals surface area (Å²) in [5.41, 5.74) is 14.0. The number of hydrogen-bond donors (Lipinski definition) is 4. The summed E-state index contributed by atoms with van der Waals surface area (Å²) >= 11 is 0. The average Bonchev–Trinajstić information content (AvgIpc) is 3.08. The number of H-pyrrole nitrogens is 1. The van der Waals surface area contributed by atoms with Gasteiger partial charge in [-0.2, -0.15) is 5.10 Å². The maximum Gasteiger partial charge on any atom is 0.338 e. The monoisotopic (exact) mass is 374 g/mol. The molecule has 3 rings (SSSR count). The molecule has 0 spiro atoms. The fourth-order valence-corrected chi connectivity index (χ4v) is 3.62. The molecule has 146 valence electrons. The van der Waals surface area contributed by atoms with Gasteiger partial charge < -0.3 is 26.3 Å². The van der Waals surface area contributed by atoms with Crippen LogP contribution in [0.2, 0.25) is 0 Å². The molecule has 1 fully saturated rings. The van der Waals surface area contributed by atoms with Gasteiger partial charge in [0.2, 0.25) is 0 Å². The Morgan fingerprint density at radius 2 is 1.96 bits per heavy atom. The first-order chi connectivity index (χ1) is 12.9. The number of hydrogen-bond acceptors (Lipinski definition) is 8. The number of nitrogens with one attached hydrogen (secondary N) is 2. The van der Waals surface area contributed by atoms with Crippen molar-refractivity contribution < 1.29 is 14.3 Å². The van der Waals surface area contributed by atoms with Crippen LogP contribution in [0.4, 0.5) is 23.0 Å². The first kappa shape index (κ1) is 19.0. The molecule has 9 heteroatoms. The summed E-state index contributed by atoms with van der Waals surface area (Å²) < 4.78 is 10.4. The molecule has 1 aliphatic carbocycles. The quantitative estimate of drug-likeness (QED) is 0.584. The number of aromatic amines is 1. The fourth-order valence-electron chi connectivity index (χ4n) is 3.62. The van der Waals surface area contributed by atoms with Crippen molar-refractivity contribution in [1.29, 1.82) is 0 Å². The van der Waals surface area contributed by atoms with E-state index in [1.807, 2.05) is 13.0 Å². The van der Waals surface area contributed by atoms with Crippen molar-refractivity contribution >= 4 is 29.0 Å². The molecule has 0 unspecified atom stereocenters. The zero-order chi connectivity index (χ0) is 19.6. The smallest absolute Gasteiger partial charge is 0.338 e. The Balaban J connectivity index is 1.81. The highest BCUT2D eigenvalue weighted by Gasteiger charge is 2.44. The lowest BCUT2D eigenvalue weighted by Crippen LogP contribution is -2.44. The molecule has 1 aliphatic rings. The van der Waals surface area contributed by atoms with Gasteiger partial charge in [0, 0.05) is 30.9 Å². The number of carbonyl (C=O) groups excluding carboxylic acids is 1. The van der Waals surface area contributed by atoms with Crippen LogP contribution in [-0.4, -0.2) is 41.0 Å². The van der Waals surface area contributed by atoms with Crippen LogP contribution in [-0.2, 0) is 14.3 Å². The Kier molecular flexibility index (Phi) is 5.22. The molecule has 0 amide bonds. The Hall–Kier alpha value is -2.81. The summed E-state index contributed by atoms with van der Waals surface area (Å²) in [7, 11) is 2.92. The minimum absolute atomic E-state index is 0.0860. The largest absolute Gasteiger partial charge is 0.467 e. The van der Waals surface area contributed by atoms with Crippen molar-refractivity contribution in [3.8, 4) is 0 Å². The van der Waals surface area contributed by atoms with Crippen LogP contribution < -0.4 is 16.8 Å². The third-order valence-corrected chi connectivity index (χ3v) is 5.21. The van der Waals surface area contributed by atoms with E-state index in [0.717, 1.165) is 11.4 Å². The van der Waals surface area contributed by atoms with Crippen molar-refractivity contribution in [3.63, 3.8) is 0 Å². The highest BCUT2D eigenvalue weighted by Crippen LogP contribution is 2.42. The molecule has 0 bridgehead atoms. The maximum absolute atomic E-state index is 12.1. The van der Waals surface area contributed by atoms with Crippen molar-refractivity contribution in [3.05, 3.63) is 23.5 Å². The van der Waals surface area contributed by atoms with Gasteiger partial charge in [0.1, 0.15) is 5.82 Å². The van der Waals surface area contributed by atoms with E-state index in [4.69, 9.17) is 20.9 Å². The van der Waals surface area contributed by atoms with Crippen molar-refractivity contribution in [2.24, 2.45) is 0 Å². The number of anilines is 4. The van der Waals surface area contributed by atoms with E-state index < -0.39 is 5.60 Å². The topological polar surface area (TPSA) is 141 Å². The van der Waals surface area contributed by atoms with Gasteiger partial charge in [0.15, 0.2) is 11.4 Å². The molecule has 0 atom stereocenters. The third-order valence-electron chi connectivity index (χ3n) is 5.21. The normalized spacial score (nSPS) is 22.4. The van der Waals surface area contributed by atoms with Gasteiger partial charge in [0.25, 0.3) is 0 Å². The van der Waals surface area contributed by atoms with Crippen LogP contribution in [0.15, 0.2) is 12.1 Å². The van der Waals surface area contributed by atoms with Gasteiger partial charge in [-0.15, -0.1) is 0 Å². The summed E-state index contributed by atoms with van der Waals surface area (Å²) in [6.45, 7) is 1.92. The molecule has 9 nitrogen and oxygen atoms in total. The van der Waals surface area contributed by atoms with Crippen molar-refractivity contribution in [1.82, 2.24) is 15.2 Å². The molecule has 0 aliphatic heterocycles. The minimum atomic E-state index is -0.895. The number of nitrogens with zero attached hydrogens (tertiary/aromatic N) is 2. The Labute approximate surface area is 157 Å². The lowest BCUT2D eigenvalue weighted by Gasteiger charge is -2.36. The molecule has 2 heterocycles. The zero-order valence-electron chi connectivity index (χ0n) is 15.8. The van der Waals surface area contributed by atoms with E-state index in [-0.39, 0.29) is 11.9 Å². The number of carbonyl (C=O) groups is 1. The van der Waals surface area contributed by atoms with Crippen molar-refractivity contribution in [2.45, 2.75) is 44.1 Å². The number of ether oxygens (including phenoxy) is 2. The number of aryl methyl sites for hydroxylation is 1. The number of pyridine rings is 1. The second kappa shape index (κ2) is 7.43. The van der Waals surface area contributed by atoms with Gasteiger partial charge in [-0.05, 0) is 32.6 Å². The second-order valence-electron chi connectivity index (χ2n) is 6.92. The fraction of sp³-hybridized carbons (Fsp3) is 0.500. The number of nitrogen functional groups attached to an aromatic ring is 2. The standard InChI is InChI=1S/C18H26N6O3/c1-10-8-14(24-23-10)21-13-9-12(19)15(20)16(22-13)11-4-6-18(27-3,7-5-11)17(25)26-2/h8-9,11H,4-7,20H2,1-3H3,(H4,19,21,22,23,24). The lowest BCUT2D eigenvalue weighted by atomic mass is 9.77. The summed E-state index contributed by atoms with van der Waals surface area (Å²) in [6, 6.07) is 3.57. The van der Waals surface area contributed by atoms with Gasteiger partial charge in [-0.1, -0.05) is 0 Å². The van der Waals surface area contributed by atoms with E-state index in [0.29, 0.717) is 48.7 Å². The first-order valence-corrected chi connectivity index (χ1v) is 8.87. The maximum atomic E-state index is 12.1. The zero-order valence-corrected chi connectivity index (χ0v) is 15.8. The second-order valence-corrected chi connectivity index (χ2v) is 6.92. The van der Waals surface area contributed by atoms with Gasteiger partial charge in [0.05, 0.1) is 24.2 Å². The SMILES string of the molecule is COC(=O)C1(OC)CCC(c2nc(Nc3cc(C)[nH]n3)cc(N)c2N)CC1. The Morgan fingerprint density at radius 3 is 2.52 bits per heavy atom. The van der Waals surface area contributed by atoms with Crippen LogP contribution >= 0.6 is 0 Å². The van der Waals surface area contributed by atoms with Gasteiger partial charge in [-0.3, -0.25) is 5.10 Å². The van der Waals surface area contributed by atoms with Crippen LogP contribution in [0.3, 0.4) is 0 Å². The van der Waals surface area contributed by atoms with Crippen LogP contribution in [0, 0.1) is 6.92 Å². The van der Waals surface area contributed by atoms with E-state index >= 15 is 0 Å². The first-order valence-electron chi connectivity index (χ1n) is 8.87. The summed E-state index contributed by atoms with van der Waals surface area (Å²) in [6.07, 6.45) is 2.48. The molecule has 0 saturated heterocycles. The molecule has 27 heavy (non-hydrogen) atoms. The molecule has 2 aromatic heterocycles. The number of methoxy groups -OCH3 is 2. The summed E-state index contributed by atoms with van der Waals surface area (Å²) in [4.78, 5) is 16.8. The summed E-state index contributed by atoms with van der Waals surface area (Å²) in [5.74, 6) is 0.985. The van der Waals surface area contributed by atoms with Crippen molar-refractivity contribution in [2.75, 3.05) is 31.0 Å². The number of nitrogens with two attached hydrogens (primary N) is 2. The van der Waals surface area contributed by atoms with E-state index in [1.165, 1.54) is 14.2 Å². The third kappa shape index (κ3) is 3.68. The number of aromatic nitrogens is 3. The highest BCUT2D eigenvalue weighted by molar-refractivity contribution is 5.79. The van der Waals surface area contributed by atoms with Crippen LogP contribution in [0.1, 0.15) is 43.0 Å². The Bertz CT molecular complexity index is 826. The highest BCUT2D eigenvalue weighted by atomic mass is 16.6. The minimum Gasteiger partial charge on any atom is -0.467 e. The Morgan fingerprint density at radius 1 is 1.26 bits per heavy atom. The predicted molar refractivity (Wildman–Crippen MR) is 103 cm³/mol. The number of rotatable bonds is 5. The molecule has 1 saturated carbocycles. The van der Waals surface area contributed by atoms with E-state index in [2.05, 4.69) is 20.5 Å². The molecular formula is C18H26N6O3. The average molecular weight is 374 g/mol. The molecule has 2 aromatic rings. The van der Waals surface area contributed by atoms with Crippen LogP contribution in [0.25, 0.3) is 0 Å². The summed E-state index contributed by atoms with van der Waals surface area (Å²) in [5, 5.41) is 10.2. The predicted octanol–water partition coefficient (Wildman–Crippen LogP) is 2.24. The molecule has 0 radical (unpaired) electrons. The molecule has 6 N–H and O–H groups in total. The van der Waals surface area contributed by atoms with E-state index in [1.54, 1.807) is 6.07 Å². The lowest BCUT2D eigenvalue weighted by molar-refractivity contribution is -0.170. The van der Waals surface area contributed by atoms with E-state index in [9.17, 15) is 4.79 Å².